The molecule has 6 heteroatoms. The van der Waals surface area contributed by atoms with Crippen LogP contribution >= 0.6 is 11.3 Å². The van der Waals surface area contributed by atoms with Crippen molar-refractivity contribution >= 4 is 31.8 Å². The van der Waals surface area contributed by atoms with Crippen LogP contribution in [0.4, 0.5) is 0 Å². The van der Waals surface area contributed by atoms with E-state index < -0.39 is 0 Å². The summed E-state index contributed by atoms with van der Waals surface area (Å²) in [6, 6.07) is 3.97. The number of thiophene rings is 1. The van der Waals surface area contributed by atoms with Gasteiger partial charge in [-0.05, 0) is 19.1 Å². The maximum atomic E-state index is 4.40. The molecule has 0 N–H and O–H groups in total. The normalized spacial score (nSPS) is 11.4. The second kappa shape index (κ2) is 3.83. The molecule has 0 unspecified atom stereocenters. The summed E-state index contributed by atoms with van der Waals surface area (Å²) in [5, 5.41) is 1.07. The number of hydrogen-bond donors (Lipinski definition) is 0. The van der Waals surface area contributed by atoms with Crippen LogP contribution in [-0.4, -0.2) is 24.5 Å². The summed E-state index contributed by atoms with van der Waals surface area (Å²) in [6.45, 7) is 1.96. The van der Waals surface area contributed by atoms with Gasteiger partial charge in [-0.2, -0.15) is 0 Å². The lowest BCUT2D eigenvalue weighted by molar-refractivity contribution is 0.938. The molecule has 4 aromatic heterocycles. The van der Waals surface area contributed by atoms with Crippen molar-refractivity contribution in [2.24, 2.45) is 0 Å². The number of hydrogen-bond acceptors (Lipinski definition) is 5. The smallest absolute Gasteiger partial charge is 0.159 e. The zero-order chi connectivity index (χ0) is 12.8. The molecule has 4 heterocycles. The second-order valence-corrected chi connectivity index (χ2v) is 5.18. The van der Waals surface area contributed by atoms with Gasteiger partial charge in [-0.3, -0.25) is 4.57 Å². The Bertz CT molecular complexity index is 892. The van der Waals surface area contributed by atoms with Gasteiger partial charge in [0, 0.05) is 24.0 Å². The summed E-state index contributed by atoms with van der Waals surface area (Å²) in [5.74, 6) is 1.77. The SMILES string of the molecule is Cc1nccn1-c1ncnc2c1sc1ncccc12. The molecule has 0 atom stereocenters. The van der Waals surface area contributed by atoms with Crippen LogP contribution in [0.1, 0.15) is 5.82 Å². The highest BCUT2D eigenvalue weighted by molar-refractivity contribution is 7.25. The summed E-state index contributed by atoms with van der Waals surface area (Å²) in [6.07, 6.45) is 7.08. The van der Waals surface area contributed by atoms with E-state index in [1.54, 1.807) is 30.1 Å². The average molecular weight is 267 g/mol. The Balaban J connectivity index is 2.15. The summed E-state index contributed by atoms with van der Waals surface area (Å²) in [5.41, 5.74) is 0.950. The lowest BCUT2D eigenvalue weighted by Gasteiger charge is -2.03. The van der Waals surface area contributed by atoms with E-state index in [1.807, 2.05) is 29.8 Å². The fourth-order valence-corrected chi connectivity index (χ4v) is 3.26. The molecule has 4 aromatic rings. The van der Waals surface area contributed by atoms with E-state index >= 15 is 0 Å². The standard InChI is InChI=1S/C13H9N5S/c1-8-14-5-6-18(8)12-11-10(16-7-17-12)9-3-2-4-15-13(9)19-11/h2-7H,1H3. The minimum Gasteiger partial charge on any atom is -0.287 e. The molecule has 0 saturated heterocycles. The van der Waals surface area contributed by atoms with Crippen molar-refractivity contribution in [2.45, 2.75) is 6.92 Å². The number of rotatable bonds is 1. The van der Waals surface area contributed by atoms with Crippen LogP contribution in [0, 0.1) is 6.92 Å². The van der Waals surface area contributed by atoms with Crippen molar-refractivity contribution in [1.29, 1.82) is 0 Å². The molecule has 0 radical (unpaired) electrons. The topological polar surface area (TPSA) is 56.5 Å². The molecule has 0 amide bonds. The van der Waals surface area contributed by atoms with E-state index in [2.05, 4.69) is 19.9 Å². The summed E-state index contributed by atoms with van der Waals surface area (Å²) < 4.78 is 3.01. The lowest BCUT2D eigenvalue weighted by Crippen LogP contribution is -1.99. The Labute approximate surface area is 112 Å². The minimum atomic E-state index is 0.864. The highest BCUT2D eigenvalue weighted by atomic mass is 32.1. The van der Waals surface area contributed by atoms with E-state index in [4.69, 9.17) is 0 Å². The molecule has 92 valence electrons. The molecular formula is C13H9N5S. The first-order valence-corrected chi connectivity index (χ1v) is 6.65. The molecule has 0 spiro atoms. The van der Waals surface area contributed by atoms with Gasteiger partial charge >= 0.3 is 0 Å². The molecule has 0 aromatic carbocycles. The maximum absolute atomic E-state index is 4.40. The van der Waals surface area contributed by atoms with Crippen molar-refractivity contribution < 1.29 is 0 Å². The Morgan fingerprint density at radius 3 is 2.89 bits per heavy atom. The Kier molecular flexibility index (Phi) is 2.13. The summed E-state index contributed by atoms with van der Waals surface area (Å²) >= 11 is 1.61. The van der Waals surface area contributed by atoms with Crippen LogP contribution in [-0.2, 0) is 0 Å². The Morgan fingerprint density at radius 2 is 2.05 bits per heavy atom. The van der Waals surface area contributed by atoms with Crippen LogP contribution in [0.2, 0.25) is 0 Å². The average Bonchev–Trinajstić information content (AvgIpc) is 3.02. The number of aromatic nitrogens is 5. The van der Waals surface area contributed by atoms with Crippen LogP contribution in [0.5, 0.6) is 0 Å². The second-order valence-electron chi connectivity index (χ2n) is 4.18. The van der Waals surface area contributed by atoms with E-state index in [-0.39, 0.29) is 0 Å². The van der Waals surface area contributed by atoms with Crippen LogP contribution < -0.4 is 0 Å². The third-order valence-electron chi connectivity index (χ3n) is 3.06. The maximum Gasteiger partial charge on any atom is 0.159 e. The van der Waals surface area contributed by atoms with Crippen molar-refractivity contribution in [3.63, 3.8) is 0 Å². The number of aryl methyl sites for hydroxylation is 1. The zero-order valence-electron chi connectivity index (χ0n) is 10.1. The fourth-order valence-electron chi connectivity index (χ4n) is 2.17. The van der Waals surface area contributed by atoms with Crippen LogP contribution in [0.15, 0.2) is 37.1 Å². The Morgan fingerprint density at radius 1 is 1.11 bits per heavy atom. The third-order valence-corrected chi connectivity index (χ3v) is 4.16. The largest absolute Gasteiger partial charge is 0.287 e. The highest BCUT2D eigenvalue weighted by Crippen LogP contribution is 2.33. The highest BCUT2D eigenvalue weighted by Gasteiger charge is 2.13. The van der Waals surface area contributed by atoms with Crippen molar-refractivity contribution in [2.75, 3.05) is 0 Å². The quantitative estimate of drug-likeness (QED) is 0.532. The predicted molar refractivity (Wildman–Crippen MR) is 74.6 cm³/mol. The first-order chi connectivity index (χ1) is 9.34. The van der Waals surface area contributed by atoms with Crippen LogP contribution in [0.25, 0.3) is 26.3 Å². The summed E-state index contributed by atoms with van der Waals surface area (Å²) in [4.78, 5) is 18.4. The third kappa shape index (κ3) is 1.47. The van der Waals surface area contributed by atoms with E-state index in [9.17, 15) is 0 Å². The van der Waals surface area contributed by atoms with Gasteiger partial charge in [-0.1, -0.05) is 0 Å². The van der Waals surface area contributed by atoms with E-state index in [1.165, 1.54) is 0 Å². The first-order valence-electron chi connectivity index (χ1n) is 5.83. The van der Waals surface area contributed by atoms with Gasteiger partial charge in [-0.15, -0.1) is 11.3 Å². The molecule has 4 rings (SSSR count). The van der Waals surface area contributed by atoms with Gasteiger partial charge in [0.15, 0.2) is 5.82 Å². The molecule has 5 nitrogen and oxygen atoms in total. The van der Waals surface area contributed by atoms with Crippen molar-refractivity contribution in [1.82, 2.24) is 24.5 Å². The number of imidazole rings is 1. The van der Waals surface area contributed by atoms with E-state index in [0.29, 0.717) is 0 Å². The fraction of sp³-hybridized carbons (Fsp3) is 0.0769. The van der Waals surface area contributed by atoms with Gasteiger partial charge in [-0.25, -0.2) is 19.9 Å². The number of nitrogens with zero attached hydrogens (tertiary/aromatic N) is 5. The monoisotopic (exact) mass is 267 g/mol. The van der Waals surface area contributed by atoms with Gasteiger partial charge < -0.3 is 0 Å². The van der Waals surface area contributed by atoms with Crippen LogP contribution in [0.3, 0.4) is 0 Å². The van der Waals surface area contributed by atoms with Crippen molar-refractivity contribution in [3.05, 3.63) is 42.9 Å². The van der Waals surface area contributed by atoms with Crippen molar-refractivity contribution in [3.8, 4) is 5.82 Å². The first kappa shape index (κ1) is 10.6. The lowest BCUT2D eigenvalue weighted by atomic mass is 10.3. The molecule has 19 heavy (non-hydrogen) atoms. The van der Waals surface area contributed by atoms with E-state index in [0.717, 1.165) is 32.1 Å². The zero-order valence-corrected chi connectivity index (χ0v) is 10.9. The molecule has 0 bridgehead atoms. The molecule has 0 aliphatic heterocycles. The number of pyridine rings is 1. The van der Waals surface area contributed by atoms with Gasteiger partial charge in [0.1, 0.15) is 17.0 Å². The molecule has 0 fully saturated rings. The predicted octanol–water partition coefficient (Wildman–Crippen LogP) is 2.73. The summed E-state index contributed by atoms with van der Waals surface area (Å²) in [7, 11) is 0. The minimum absolute atomic E-state index is 0.864. The molecule has 0 aliphatic carbocycles. The number of fused-ring (bicyclic) bond motifs is 3. The van der Waals surface area contributed by atoms with Gasteiger partial charge in [0.05, 0.1) is 10.2 Å². The Hall–Kier alpha value is -2.34. The molecule has 0 saturated carbocycles. The van der Waals surface area contributed by atoms with Gasteiger partial charge in [0.2, 0.25) is 0 Å². The molecule has 0 aliphatic rings. The molecular weight excluding hydrogens is 258 g/mol. The van der Waals surface area contributed by atoms with Gasteiger partial charge in [0.25, 0.3) is 0 Å².